The highest BCUT2D eigenvalue weighted by Gasteiger charge is 2.27. The molecule has 27 heavy (non-hydrogen) atoms. The molecule has 0 aromatic heterocycles. The number of methoxy groups -OCH3 is 1. The van der Waals surface area contributed by atoms with Crippen LogP contribution in [0.1, 0.15) is 25.7 Å². The van der Waals surface area contributed by atoms with Crippen LogP contribution in [0.25, 0.3) is 0 Å². The fourth-order valence-electron chi connectivity index (χ4n) is 3.73. The summed E-state index contributed by atoms with van der Waals surface area (Å²) in [4.78, 5) is 15.0. The summed E-state index contributed by atoms with van der Waals surface area (Å²) < 4.78 is 16.1. The van der Waals surface area contributed by atoms with Gasteiger partial charge in [-0.3, -0.25) is 0 Å². The number of carbonyl (C=O) groups excluding carboxylic acids is 1. The summed E-state index contributed by atoms with van der Waals surface area (Å²) in [6.07, 6.45) is 4.21. The predicted octanol–water partition coefficient (Wildman–Crippen LogP) is 2.48. The van der Waals surface area contributed by atoms with Crippen LogP contribution in [-0.4, -0.2) is 69.6 Å². The molecule has 2 fully saturated rings. The third-order valence-electron chi connectivity index (χ3n) is 5.25. The number of para-hydroxylation sites is 2. The Hall–Kier alpha value is -1.83. The number of carbonyl (C=O) groups is 1. The van der Waals surface area contributed by atoms with E-state index in [2.05, 4.69) is 15.5 Å². The summed E-state index contributed by atoms with van der Waals surface area (Å²) in [5, 5.41) is 6.02. The van der Waals surface area contributed by atoms with E-state index in [0.717, 1.165) is 52.0 Å². The molecule has 1 aromatic carbocycles. The van der Waals surface area contributed by atoms with Crippen LogP contribution < -0.4 is 15.4 Å². The SMILES string of the molecule is COCCOc1ccccc1NC(=O)NC1CCN(C2CCOCC2)CC1. The van der Waals surface area contributed by atoms with Gasteiger partial charge in [0.05, 0.1) is 12.3 Å². The van der Waals surface area contributed by atoms with Gasteiger partial charge in [-0.25, -0.2) is 4.79 Å². The van der Waals surface area contributed by atoms with Crippen LogP contribution in [0, 0.1) is 0 Å². The van der Waals surface area contributed by atoms with Crippen molar-refractivity contribution in [2.75, 3.05) is 51.9 Å². The fraction of sp³-hybridized carbons (Fsp3) is 0.650. The lowest BCUT2D eigenvalue weighted by Gasteiger charge is -2.39. The molecule has 7 nitrogen and oxygen atoms in total. The maximum Gasteiger partial charge on any atom is 0.319 e. The van der Waals surface area contributed by atoms with Crippen molar-refractivity contribution in [1.82, 2.24) is 10.2 Å². The molecular formula is C20H31N3O4. The van der Waals surface area contributed by atoms with E-state index in [9.17, 15) is 4.79 Å². The summed E-state index contributed by atoms with van der Waals surface area (Å²) in [5.74, 6) is 0.652. The molecule has 0 aliphatic carbocycles. The quantitative estimate of drug-likeness (QED) is 0.715. The van der Waals surface area contributed by atoms with E-state index in [1.165, 1.54) is 0 Å². The Balaban J connectivity index is 1.43. The van der Waals surface area contributed by atoms with Crippen LogP contribution in [0.15, 0.2) is 24.3 Å². The second-order valence-corrected chi connectivity index (χ2v) is 7.09. The maximum absolute atomic E-state index is 12.4. The van der Waals surface area contributed by atoms with Gasteiger partial charge in [-0.05, 0) is 37.8 Å². The minimum Gasteiger partial charge on any atom is -0.489 e. The topological polar surface area (TPSA) is 72.1 Å². The molecule has 0 unspecified atom stereocenters. The first-order valence-electron chi connectivity index (χ1n) is 9.86. The first-order valence-corrected chi connectivity index (χ1v) is 9.86. The molecule has 2 aliphatic heterocycles. The van der Waals surface area contributed by atoms with Crippen LogP contribution in [0.5, 0.6) is 5.75 Å². The molecule has 2 saturated heterocycles. The number of urea groups is 1. The Bertz CT molecular complexity index is 584. The first-order chi connectivity index (χ1) is 13.3. The van der Waals surface area contributed by atoms with E-state index in [1.807, 2.05) is 24.3 Å². The van der Waals surface area contributed by atoms with Gasteiger partial charge >= 0.3 is 6.03 Å². The van der Waals surface area contributed by atoms with Crippen LogP contribution in [0.2, 0.25) is 0 Å². The van der Waals surface area contributed by atoms with Gasteiger partial charge in [-0.15, -0.1) is 0 Å². The molecule has 2 amide bonds. The Labute approximate surface area is 161 Å². The van der Waals surface area contributed by atoms with Crippen molar-refractivity contribution in [1.29, 1.82) is 0 Å². The highest BCUT2D eigenvalue weighted by molar-refractivity contribution is 5.91. The van der Waals surface area contributed by atoms with Gasteiger partial charge in [-0.1, -0.05) is 12.1 Å². The molecule has 2 N–H and O–H groups in total. The summed E-state index contributed by atoms with van der Waals surface area (Å²) in [7, 11) is 1.63. The average molecular weight is 377 g/mol. The lowest BCUT2D eigenvalue weighted by Crippen LogP contribution is -2.49. The zero-order valence-electron chi connectivity index (χ0n) is 16.1. The summed E-state index contributed by atoms with van der Waals surface area (Å²) in [6.45, 7) is 4.76. The third kappa shape index (κ3) is 6.09. The minimum absolute atomic E-state index is 0.178. The number of likely N-dealkylation sites (tertiary alicyclic amines) is 1. The number of amides is 2. The van der Waals surface area contributed by atoms with Crippen molar-refractivity contribution >= 4 is 11.7 Å². The van der Waals surface area contributed by atoms with E-state index in [0.29, 0.717) is 30.7 Å². The van der Waals surface area contributed by atoms with Crippen LogP contribution in [0.4, 0.5) is 10.5 Å². The van der Waals surface area contributed by atoms with Crippen molar-refractivity contribution in [2.45, 2.75) is 37.8 Å². The number of ether oxygens (including phenoxy) is 3. The summed E-state index contributed by atoms with van der Waals surface area (Å²) in [5.41, 5.74) is 0.672. The lowest BCUT2D eigenvalue weighted by atomic mass is 10.00. The molecule has 2 heterocycles. The smallest absolute Gasteiger partial charge is 0.319 e. The number of hydrogen-bond donors (Lipinski definition) is 2. The molecule has 2 aliphatic rings. The molecule has 0 saturated carbocycles. The molecular weight excluding hydrogens is 346 g/mol. The van der Waals surface area contributed by atoms with Gasteiger partial charge in [0, 0.05) is 45.5 Å². The second-order valence-electron chi connectivity index (χ2n) is 7.09. The van der Waals surface area contributed by atoms with Crippen molar-refractivity contribution in [2.24, 2.45) is 0 Å². The van der Waals surface area contributed by atoms with Crippen LogP contribution >= 0.6 is 0 Å². The van der Waals surface area contributed by atoms with Crippen molar-refractivity contribution < 1.29 is 19.0 Å². The molecule has 7 heteroatoms. The van der Waals surface area contributed by atoms with Crippen molar-refractivity contribution in [3.05, 3.63) is 24.3 Å². The van der Waals surface area contributed by atoms with Gasteiger partial charge in [0.1, 0.15) is 12.4 Å². The Morgan fingerprint density at radius 3 is 2.63 bits per heavy atom. The molecule has 0 spiro atoms. The number of nitrogens with zero attached hydrogens (tertiary/aromatic N) is 1. The van der Waals surface area contributed by atoms with E-state index >= 15 is 0 Å². The van der Waals surface area contributed by atoms with Crippen molar-refractivity contribution in [3.8, 4) is 5.75 Å². The van der Waals surface area contributed by atoms with E-state index in [1.54, 1.807) is 7.11 Å². The van der Waals surface area contributed by atoms with Crippen molar-refractivity contribution in [3.63, 3.8) is 0 Å². The largest absolute Gasteiger partial charge is 0.489 e. The second kappa shape index (κ2) is 10.5. The highest BCUT2D eigenvalue weighted by Crippen LogP contribution is 2.24. The van der Waals surface area contributed by atoms with Crippen LogP contribution in [0.3, 0.4) is 0 Å². The van der Waals surface area contributed by atoms with Gasteiger partial charge in [0.2, 0.25) is 0 Å². The molecule has 0 atom stereocenters. The number of piperidine rings is 1. The van der Waals surface area contributed by atoms with E-state index in [4.69, 9.17) is 14.2 Å². The standard InChI is InChI=1S/C20H31N3O4/c1-25-14-15-27-19-5-3-2-4-18(19)22-20(24)21-16-6-10-23(11-7-16)17-8-12-26-13-9-17/h2-5,16-17H,6-15H2,1H3,(H2,21,22,24). The number of benzene rings is 1. The molecule has 150 valence electrons. The fourth-order valence-corrected chi connectivity index (χ4v) is 3.73. The van der Waals surface area contributed by atoms with Gasteiger partial charge in [0.15, 0.2) is 0 Å². The predicted molar refractivity (Wildman–Crippen MR) is 104 cm³/mol. The Morgan fingerprint density at radius 2 is 1.89 bits per heavy atom. The monoisotopic (exact) mass is 377 g/mol. The van der Waals surface area contributed by atoms with Gasteiger partial charge < -0.3 is 29.7 Å². The molecule has 3 rings (SSSR count). The highest BCUT2D eigenvalue weighted by atomic mass is 16.5. The van der Waals surface area contributed by atoms with Gasteiger partial charge in [0.25, 0.3) is 0 Å². The molecule has 1 aromatic rings. The zero-order chi connectivity index (χ0) is 18.9. The third-order valence-corrected chi connectivity index (χ3v) is 5.25. The number of hydrogen-bond acceptors (Lipinski definition) is 5. The van der Waals surface area contributed by atoms with Crippen LogP contribution in [-0.2, 0) is 9.47 Å². The average Bonchev–Trinajstić information content (AvgIpc) is 2.71. The molecule has 0 radical (unpaired) electrons. The number of rotatable bonds is 7. The normalized spacial score (nSPS) is 19.6. The first kappa shape index (κ1) is 19.9. The van der Waals surface area contributed by atoms with E-state index in [-0.39, 0.29) is 12.1 Å². The number of anilines is 1. The Morgan fingerprint density at radius 1 is 1.15 bits per heavy atom. The molecule has 0 bridgehead atoms. The number of nitrogens with one attached hydrogen (secondary N) is 2. The summed E-state index contributed by atoms with van der Waals surface area (Å²) in [6, 6.07) is 8.13. The van der Waals surface area contributed by atoms with Gasteiger partial charge in [-0.2, -0.15) is 0 Å². The lowest BCUT2D eigenvalue weighted by molar-refractivity contribution is 0.0244. The maximum atomic E-state index is 12.4. The Kier molecular flexibility index (Phi) is 7.74. The minimum atomic E-state index is -0.178. The zero-order valence-corrected chi connectivity index (χ0v) is 16.1. The summed E-state index contributed by atoms with van der Waals surface area (Å²) >= 11 is 0. The van der Waals surface area contributed by atoms with E-state index < -0.39 is 0 Å².